The summed E-state index contributed by atoms with van der Waals surface area (Å²) in [5, 5.41) is 8.60. The third-order valence-corrected chi connectivity index (χ3v) is 5.48. The second kappa shape index (κ2) is 7.86. The molecule has 0 saturated heterocycles. The first-order valence-electron chi connectivity index (χ1n) is 9.25. The number of rotatable bonds is 6. The van der Waals surface area contributed by atoms with Crippen LogP contribution in [-0.2, 0) is 0 Å². The van der Waals surface area contributed by atoms with Gasteiger partial charge in [0.2, 0.25) is 0 Å². The molecule has 0 bridgehead atoms. The molecule has 0 atom stereocenters. The number of amides is 1. The molecule has 0 aliphatic heterocycles. The molecule has 2 aromatic heterocycles. The van der Waals surface area contributed by atoms with E-state index in [1.807, 2.05) is 72.3 Å². The smallest absolute Gasteiger partial charge is 0.265 e. The third-order valence-electron chi connectivity index (χ3n) is 4.37. The molecule has 0 aliphatic rings. The lowest BCUT2D eigenvalue weighted by Crippen LogP contribution is -2.11. The van der Waals surface area contributed by atoms with Crippen molar-refractivity contribution in [3.8, 4) is 11.4 Å². The van der Waals surface area contributed by atoms with Gasteiger partial charge in [-0.05, 0) is 43.7 Å². The number of aromatic nitrogens is 2. The van der Waals surface area contributed by atoms with E-state index in [1.165, 1.54) is 11.3 Å². The molecule has 1 N–H and O–H groups in total. The van der Waals surface area contributed by atoms with Crippen LogP contribution >= 0.6 is 11.3 Å². The summed E-state index contributed by atoms with van der Waals surface area (Å²) in [4.78, 5) is 14.5. The Morgan fingerprint density at radius 1 is 1.14 bits per heavy atom. The molecular formula is C22H21N3O2S. The molecule has 28 heavy (non-hydrogen) atoms. The fourth-order valence-electron chi connectivity index (χ4n) is 3.00. The van der Waals surface area contributed by atoms with Gasteiger partial charge in [0, 0.05) is 5.39 Å². The summed E-state index contributed by atoms with van der Waals surface area (Å²) in [6.07, 6.45) is 0.911. The van der Waals surface area contributed by atoms with Crippen LogP contribution < -0.4 is 10.1 Å². The minimum atomic E-state index is -0.146. The van der Waals surface area contributed by atoms with E-state index in [0.717, 1.165) is 28.0 Å². The number of para-hydroxylation sites is 3. The summed E-state index contributed by atoms with van der Waals surface area (Å²) in [5.74, 6) is 0.540. The van der Waals surface area contributed by atoms with Gasteiger partial charge >= 0.3 is 0 Å². The van der Waals surface area contributed by atoms with Crippen LogP contribution in [0.15, 0.2) is 60.7 Å². The van der Waals surface area contributed by atoms with Crippen molar-refractivity contribution in [1.82, 2.24) is 9.78 Å². The largest absolute Gasteiger partial charge is 0.491 e. The molecule has 2 heterocycles. The summed E-state index contributed by atoms with van der Waals surface area (Å²) in [5.41, 5.74) is 2.56. The van der Waals surface area contributed by atoms with Crippen LogP contribution in [-0.4, -0.2) is 22.3 Å². The van der Waals surface area contributed by atoms with Crippen molar-refractivity contribution >= 4 is 33.1 Å². The van der Waals surface area contributed by atoms with E-state index in [4.69, 9.17) is 4.74 Å². The standard InChI is InChI=1S/C22H21N3O2S/c1-3-13-27-19-12-8-7-11-18(19)23-21(26)20-14-17-15(2)24-25(22(17)28-20)16-9-5-4-6-10-16/h4-12,14H,3,13H2,1-2H3,(H,23,26). The van der Waals surface area contributed by atoms with Crippen molar-refractivity contribution in [2.75, 3.05) is 11.9 Å². The zero-order valence-corrected chi connectivity index (χ0v) is 16.6. The summed E-state index contributed by atoms with van der Waals surface area (Å²) in [7, 11) is 0. The van der Waals surface area contributed by atoms with Crippen LogP contribution in [0.25, 0.3) is 15.9 Å². The number of anilines is 1. The SMILES string of the molecule is CCCOc1ccccc1NC(=O)c1cc2c(C)nn(-c3ccccc3)c2s1. The van der Waals surface area contributed by atoms with E-state index in [9.17, 15) is 4.79 Å². The summed E-state index contributed by atoms with van der Waals surface area (Å²) < 4.78 is 7.63. The highest BCUT2D eigenvalue weighted by atomic mass is 32.1. The number of nitrogens with zero attached hydrogens (tertiary/aromatic N) is 2. The van der Waals surface area contributed by atoms with Gasteiger partial charge in [-0.2, -0.15) is 5.10 Å². The van der Waals surface area contributed by atoms with Gasteiger partial charge in [0.05, 0.1) is 28.6 Å². The van der Waals surface area contributed by atoms with Gasteiger partial charge in [0.25, 0.3) is 5.91 Å². The number of carbonyl (C=O) groups excluding carboxylic acids is 1. The quantitative estimate of drug-likeness (QED) is 0.476. The van der Waals surface area contributed by atoms with Gasteiger partial charge < -0.3 is 10.1 Å². The van der Waals surface area contributed by atoms with Gasteiger partial charge in [0.1, 0.15) is 10.6 Å². The number of ether oxygens (including phenoxy) is 1. The van der Waals surface area contributed by atoms with Crippen molar-refractivity contribution < 1.29 is 9.53 Å². The van der Waals surface area contributed by atoms with Crippen LogP contribution in [0.2, 0.25) is 0 Å². The molecule has 142 valence electrons. The molecule has 6 heteroatoms. The van der Waals surface area contributed by atoms with Crippen LogP contribution in [0, 0.1) is 6.92 Å². The minimum absolute atomic E-state index is 0.146. The lowest BCUT2D eigenvalue weighted by molar-refractivity contribution is 0.103. The highest BCUT2D eigenvalue weighted by Gasteiger charge is 2.18. The number of thiophene rings is 1. The Morgan fingerprint density at radius 3 is 2.68 bits per heavy atom. The molecule has 0 aliphatic carbocycles. The molecule has 4 aromatic rings. The van der Waals surface area contributed by atoms with Crippen molar-refractivity contribution in [2.45, 2.75) is 20.3 Å². The Kier molecular flexibility index (Phi) is 5.12. The number of hydrogen-bond acceptors (Lipinski definition) is 4. The fourth-order valence-corrected chi connectivity index (χ4v) is 4.07. The lowest BCUT2D eigenvalue weighted by atomic mass is 10.2. The van der Waals surface area contributed by atoms with E-state index in [1.54, 1.807) is 0 Å². The maximum atomic E-state index is 12.9. The maximum Gasteiger partial charge on any atom is 0.265 e. The molecule has 0 spiro atoms. The first-order chi connectivity index (χ1) is 13.7. The molecule has 0 unspecified atom stereocenters. The summed E-state index contributed by atoms with van der Waals surface area (Å²) >= 11 is 1.44. The second-order valence-electron chi connectivity index (χ2n) is 6.46. The molecule has 1 amide bonds. The van der Waals surface area contributed by atoms with Crippen LogP contribution in [0.5, 0.6) is 5.75 Å². The molecule has 0 saturated carbocycles. The van der Waals surface area contributed by atoms with Crippen LogP contribution in [0.1, 0.15) is 28.7 Å². The summed E-state index contributed by atoms with van der Waals surface area (Å²) in [6, 6.07) is 19.4. The number of carbonyl (C=O) groups is 1. The predicted molar refractivity (Wildman–Crippen MR) is 114 cm³/mol. The zero-order valence-electron chi connectivity index (χ0n) is 15.8. The Morgan fingerprint density at radius 2 is 1.89 bits per heavy atom. The van der Waals surface area contributed by atoms with E-state index in [0.29, 0.717) is 22.9 Å². The van der Waals surface area contributed by atoms with Gasteiger partial charge in [-0.1, -0.05) is 37.3 Å². The second-order valence-corrected chi connectivity index (χ2v) is 7.49. The fraction of sp³-hybridized carbons (Fsp3) is 0.182. The van der Waals surface area contributed by atoms with Crippen molar-refractivity contribution in [3.63, 3.8) is 0 Å². The van der Waals surface area contributed by atoms with E-state index < -0.39 is 0 Å². The number of hydrogen-bond donors (Lipinski definition) is 1. The van der Waals surface area contributed by atoms with Crippen LogP contribution in [0.3, 0.4) is 0 Å². The van der Waals surface area contributed by atoms with E-state index >= 15 is 0 Å². The molecular weight excluding hydrogens is 370 g/mol. The van der Waals surface area contributed by atoms with Gasteiger partial charge in [0.15, 0.2) is 0 Å². The maximum absolute atomic E-state index is 12.9. The van der Waals surface area contributed by atoms with Gasteiger partial charge in [-0.25, -0.2) is 4.68 Å². The Balaban J connectivity index is 1.64. The monoisotopic (exact) mass is 391 g/mol. The highest BCUT2D eigenvalue weighted by molar-refractivity contribution is 7.20. The Bertz CT molecular complexity index is 1120. The number of aryl methyl sites for hydroxylation is 1. The number of benzene rings is 2. The average molecular weight is 391 g/mol. The minimum Gasteiger partial charge on any atom is -0.491 e. The third kappa shape index (κ3) is 3.51. The topological polar surface area (TPSA) is 56.1 Å². The van der Waals surface area contributed by atoms with Gasteiger partial charge in [-0.15, -0.1) is 11.3 Å². The first kappa shape index (κ1) is 18.3. The Labute approximate surface area is 167 Å². The molecule has 4 rings (SSSR count). The number of nitrogens with one attached hydrogen (secondary N) is 1. The normalized spacial score (nSPS) is 10.9. The van der Waals surface area contributed by atoms with Crippen molar-refractivity contribution in [1.29, 1.82) is 0 Å². The highest BCUT2D eigenvalue weighted by Crippen LogP contribution is 2.32. The average Bonchev–Trinajstić information content (AvgIpc) is 3.29. The Hall–Kier alpha value is -3.12. The first-order valence-corrected chi connectivity index (χ1v) is 10.1. The van der Waals surface area contributed by atoms with Gasteiger partial charge in [-0.3, -0.25) is 4.79 Å². The van der Waals surface area contributed by atoms with Crippen molar-refractivity contribution in [3.05, 3.63) is 71.2 Å². The molecule has 2 aromatic carbocycles. The number of fused-ring (bicyclic) bond motifs is 1. The zero-order chi connectivity index (χ0) is 19.5. The van der Waals surface area contributed by atoms with Crippen molar-refractivity contribution in [2.24, 2.45) is 0 Å². The summed E-state index contributed by atoms with van der Waals surface area (Å²) in [6.45, 7) is 4.63. The van der Waals surface area contributed by atoms with E-state index in [2.05, 4.69) is 17.3 Å². The lowest BCUT2D eigenvalue weighted by Gasteiger charge is -2.11. The van der Waals surface area contributed by atoms with E-state index in [-0.39, 0.29) is 5.91 Å². The van der Waals surface area contributed by atoms with Crippen LogP contribution in [0.4, 0.5) is 5.69 Å². The molecule has 0 radical (unpaired) electrons. The predicted octanol–water partition coefficient (Wildman–Crippen LogP) is 5.44. The molecule has 5 nitrogen and oxygen atoms in total. The molecule has 0 fully saturated rings.